The molecule has 1 heterocycles. The van der Waals surface area contributed by atoms with E-state index >= 15 is 0 Å². The Morgan fingerprint density at radius 2 is 1.80 bits per heavy atom. The zero-order chi connectivity index (χ0) is 14.8. The maximum absolute atomic E-state index is 12.1. The standard InChI is InChI=1S/C14H16O4S2/c1-14(2)19-10(12(15)16)11(20-14)13(17)18-8-9-6-4-3-5-7-9/h3-7,10-11H,8H2,1-2H3,(H,15,16)/t10-,11+/m0/s1. The molecule has 2 rings (SSSR count). The number of benzene rings is 1. The molecule has 0 spiro atoms. The third kappa shape index (κ3) is 3.70. The second-order valence-corrected chi connectivity index (χ2v) is 8.70. The van der Waals surface area contributed by atoms with Gasteiger partial charge in [-0.1, -0.05) is 30.3 Å². The number of aliphatic carboxylic acids is 1. The van der Waals surface area contributed by atoms with Crippen LogP contribution in [-0.4, -0.2) is 31.6 Å². The monoisotopic (exact) mass is 312 g/mol. The van der Waals surface area contributed by atoms with Gasteiger partial charge >= 0.3 is 11.9 Å². The molecule has 0 bridgehead atoms. The fraction of sp³-hybridized carbons (Fsp3) is 0.429. The molecule has 1 aromatic carbocycles. The summed E-state index contributed by atoms with van der Waals surface area (Å²) in [5.74, 6) is -1.42. The molecule has 6 heteroatoms. The van der Waals surface area contributed by atoms with Crippen molar-refractivity contribution in [3.63, 3.8) is 0 Å². The van der Waals surface area contributed by atoms with Crippen LogP contribution in [0.1, 0.15) is 19.4 Å². The van der Waals surface area contributed by atoms with Crippen LogP contribution in [0.25, 0.3) is 0 Å². The Labute approximate surface area is 126 Å². The number of esters is 1. The molecule has 1 aliphatic heterocycles. The van der Waals surface area contributed by atoms with Gasteiger partial charge in [-0.2, -0.15) is 0 Å². The van der Waals surface area contributed by atoms with E-state index in [1.807, 2.05) is 44.2 Å². The van der Waals surface area contributed by atoms with E-state index in [1.165, 1.54) is 23.5 Å². The van der Waals surface area contributed by atoms with E-state index in [0.717, 1.165) is 5.56 Å². The number of carboxylic acid groups (broad SMARTS) is 1. The van der Waals surface area contributed by atoms with Crippen molar-refractivity contribution < 1.29 is 19.4 Å². The van der Waals surface area contributed by atoms with E-state index in [4.69, 9.17) is 4.74 Å². The highest BCUT2D eigenvalue weighted by molar-refractivity contribution is 8.22. The molecule has 108 valence electrons. The summed E-state index contributed by atoms with van der Waals surface area (Å²) in [6.07, 6.45) is 0. The van der Waals surface area contributed by atoms with Crippen molar-refractivity contribution in [2.75, 3.05) is 0 Å². The van der Waals surface area contributed by atoms with Gasteiger partial charge in [-0.3, -0.25) is 9.59 Å². The first kappa shape index (κ1) is 15.3. The van der Waals surface area contributed by atoms with Crippen molar-refractivity contribution in [3.05, 3.63) is 35.9 Å². The average molecular weight is 312 g/mol. The zero-order valence-corrected chi connectivity index (χ0v) is 12.9. The first-order chi connectivity index (χ1) is 9.39. The molecule has 0 radical (unpaired) electrons. The Morgan fingerprint density at radius 1 is 1.20 bits per heavy atom. The molecular formula is C14H16O4S2. The summed E-state index contributed by atoms with van der Waals surface area (Å²) in [7, 11) is 0. The lowest BCUT2D eigenvalue weighted by Gasteiger charge is -2.14. The van der Waals surface area contributed by atoms with E-state index in [0.29, 0.717) is 0 Å². The van der Waals surface area contributed by atoms with Crippen LogP contribution < -0.4 is 0 Å². The summed E-state index contributed by atoms with van der Waals surface area (Å²) in [6, 6.07) is 9.35. The second-order valence-electron chi connectivity index (χ2n) is 4.91. The second kappa shape index (κ2) is 6.10. The molecule has 1 N–H and O–H groups in total. The van der Waals surface area contributed by atoms with Crippen molar-refractivity contribution in [1.82, 2.24) is 0 Å². The normalized spacial score (nSPS) is 24.3. The third-order valence-electron chi connectivity index (χ3n) is 2.80. The number of ether oxygens (including phenoxy) is 1. The molecule has 20 heavy (non-hydrogen) atoms. The van der Waals surface area contributed by atoms with Crippen LogP contribution in [-0.2, 0) is 20.9 Å². The number of hydrogen-bond donors (Lipinski definition) is 1. The van der Waals surface area contributed by atoms with Crippen molar-refractivity contribution in [3.8, 4) is 0 Å². The van der Waals surface area contributed by atoms with Crippen molar-refractivity contribution >= 4 is 35.5 Å². The molecule has 0 saturated carbocycles. The zero-order valence-electron chi connectivity index (χ0n) is 11.2. The van der Waals surface area contributed by atoms with Gasteiger partial charge in [0.15, 0.2) is 0 Å². The average Bonchev–Trinajstić information content (AvgIpc) is 2.74. The fourth-order valence-electron chi connectivity index (χ4n) is 1.93. The van der Waals surface area contributed by atoms with E-state index < -0.39 is 22.4 Å². The maximum Gasteiger partial charge on any atom is 0.321 e. The van der Waals surface area contributed by atoms with Gasteiger partial charge in [0.1, 0.15) is 17.1 Å². The van der Waals surface area contributed by atoms with Crippen molar-refractivity contribution in [2.24, 2.45) is 0 Å². The third-order valence-corrected chi connectivity index (χ3v) is 6.13. The Balaban J connectivity index is 1.99. The number of carbonyl (C=O) groups excluding carboxylic acids is 1. The summed E-state index contributed by atoms with van der Waals surface area (Å²) in [6.45, 7) is 4.01. The van der Waals surface area contributed by atoms with Gasteiger partial charge in [0.05, 0.1) is 4.08 Å². The number of hydrogen-bond acceptors (Lipinski definition) is 5. The molecule has 1 fully saturated rings. The van der Waals surface area contributed by atoms with Crippen LogP contribution in [0.15, 0.2) is 30.3 Å². The van der Waals surface area contributed by atoms with Crippen LogP contribution >= 0.6 is 23.5 Å². The number of carbonyl (C=O) groups is 2. The van der Waals surface area contributed by atoms with Crippen LogP contribution in [0.4, 0.5) is 0 Å². The minimum Gasteiger partial charge on any atom is -0.480 e. The van der Waals surface area contributed by atoms with Gasteiger partial charge in [-0.05, 0) is 19.4 Å². The van der Waals surface area contributed by atoms with Gasteiger partial charge in [0.2, 0.25) is 0 Å². The van der Waals surface area contributed by atoms with Crippen LogP contribution in [0.5, 0.6) is 0 Å². The lowest BCUT2D eigenvalue weighted by Crippen LogP contribution is -2.33. The lowest BCUT2D eigenvalue weighted by molar-refractivity contribution is -0.147. The SMILES string of the molecule is CC1(C)S[C@H](C(=O)O)[C@H](C(=O)OCc2ccccc2)S1. The molecule has 4 nitrogen and oxygen atoms in total. The maximum atomic E-state index is 12.1. The Kier molecular flexibility index (Phi) is 4.65. The summed E-state index contributed by atoms with van der Waals surface area (Å²) in [5, 5.41) is 7.80. The minimum atomic E-state index is -0.963. The topological polar surface area (TPSA) is 63.6 Å². The minimum absolute atomic E-state index is 0.175. The van der Waals surface area contributed by atoms with Crippen LogP contribution in [0, 0.1) is 0 Å². The van der Waals surface area contributed by atoms with E-state index in [1.54, 1.807) is 0 Å². The van der Waals surface area contributed by atoms with Gasteiger partial charge in [-0.25, -0.2) is 0 Å². The van der Waals surface area contributed by atoms with Crippen LogP contribution in [0.3, 0.4) is 0 Å². The van der Waals surface area contributed by atoms with Gasteiger partial charge in [0, 0.05) is 0 Å². The Hall–Kier alpha value is -1.14. The molecule has 1 aromatic rings. The summed E-state index contributed by atoms with van der Waals surface area (Å²) in [4.78, 5) is 23.3. The fourth-order valence-corrected chi connectivity index (χ4v) is 5.07. The first-order valence-electron chi connectivity index (χ1n) is 6.18. The molecule has 0 unspecified atom stereocenters. The number of thioether (sulfide) groups is 2. The lowest BCUT2D eigenvalue weighted by atomic mass is 10.2. The first-order valence-corrected chi connectivity index (χ1v) is 7.94. The Bertz CT molecular complexity index is 501. The molecule has 0 aliphatic carbocycles. The molecule has 2 atom stereocenters. The van der Waals surface area contributed by atoms with Crippen LogP contribution in [0.2, 0.25) is 0 Å². The highest BCUT2D eigenvalue weighted by Gasteiger charge is 2.49. The summed E-state index contributed by atoms with van der Waals surface area (Å²) >= 11 is 2.65. The smallest absolute Gasteiger partial charge is 0.321 e. The quantitative estimate of drug-likeness (QED) is 0.863. The van der Waals surface area contributed by atoms with E-state index in [2.05, 4.69) is 0 Å². The predicted molar refractivity (Wildman–Crippen MR) is 80.7 cm³/mol. The molecule has 0 aromatic heterocycles. The molecular weight excluding hydrogens is 296 g/mol. The number of rotatable bonds is 4. The highest BCUT2D eigenvalue weighted by Crippen LogP contribution is 2.52. The van der Waals surface area contributed by atoms with Crippen molar-refractivity contribution in [1.29, 1.82) is 0 Å². The van der Waals surface area contributed by atoms with Gasteiger partial charge in [-0.15, -0.1) is 23.5 Å². The highest BCUT2D eigenvalue weighted by atomic mass is 32.2. The molecule has 1 aliphatic rings. The van der Waals surface area contributed by atoms with Crippen molar-refractivity contribution in [2.45, 2.75) is 35.0 Å². The van der Waals surface area contributed by atoms with E-state index in [-0.39, 0.29) is 10.7 Å². The predicted octanol–water partition coefficient (Wildman–Crippen LogP) is 2.77. The number of carboxylic acids is 1. The summed E-state index contributed by atoms with van der Waals surface area (Å²) in [5.41, 5.74) is 0.891. The largest absolute Gasteiger partial charge is 0.480 e. The molecule has 0 amide bonds. The van der Waals surface area contributed by atoms with Gasteiger partial charge < -0.3 is 9.84 Å². The molecule has 1 saturated heterocycles. The summed E-state index contributed by atoms with van der Waals surface area (Å²) < 4.78 is 4.96. The van der Waals surface area contributed by atoms with E-state index in [9.17, 15) is 14.7 Å². The van der Waals surface area contributed by atoms with Gasteiger partial charge in [0.25, 0.3) is 0 Å². The Morgan fingerprint density at radius 3 is 2.40 bits per heavy atom.